The summed E-state index contributed by atoms with van der Waals surface area (Å²) in [6.07, 6.45) is -2.51. The summed E-state index contributed by atoms with van der Waals surface area (Å²) in [4.78, 5) is 50.3. The summed E-state index contributed by atoms with van der Waals surface area (Å²) < 4.78 is 16.0. The van der Waals surface area contributed by atoms with Crippen LogP contribution in [0.3, 0.4) is 0 Å². The highest BCUT2D eigenvalue weighted by Gasteiger charge is 2.42. The van der Waals surface area contributed by atoms with Crippen molar-refractivity contribution in [2.24, 2.45) is 0 Å². The molecule has 1 aromatic rings. The van der Waals surface area contributed by atoms with Crippen molar-refractivity contribution in [2.45, 2.75) is 89.9 Å². The van der Waals surface area contributed by atoms with Crippen molar-refractivity contribution < 1.29 is 38.2 Å². The first-order valence-electron chi connectivity index (χ1n) is 12.4. The first kappa shape index (κ1) is 32.3. The summed E-state index contributed by atoms with van der Waals surface area (Å²) in [6, 6.07) is 5.73. The SMILES string of the molecule is CCOC(=O)CCC(=O)N[C@H](C(=O)N[C@H](C(=O)OC)[C@H](O)c1ccccc1)[C@@H](C)O[Si](C)(C)C(C)(C)C. The van der Waals surface area contributed by atoms with Gasteiger partial charge in [-0.15, -0.1) is 0 Å². The number of hydrogen-bond acceptors (Lipinski definition) is 8. The van der Waals surface area contributed by atoms with Crippen molar-refractivity contribution in [3.8, 4) is 0 Å². The highest BCUT2D eigenvalue weighted by atomic mass is 28.4. The topological polar surface area (TPSA) is 140 Å². The van der Waals surface area contributed by atoms with Gasteiger partial charge >= 0.3 is 11.9 Å². The molecule has 0 aliphatic rings. The zero-order valence-electron chi connectivity index (χ0n) is 23.1. The Bertz CT molecular complexity index is 917. The fraction of sp³-hybridized carbons (Fsp3) is 0.615. The van der Waals surface area contributed by atoms with Crippen LogP contribution in [0.25, 0.3) is 0 Å². The van der Waals surface area contributed by atoms with Gasteiger partial charge in [-0.1, -0.05) is 51.1 Å². The lowest BCUT2D eigenvalue weighted by molar-refractivity contribution is -0.149. The second kappa shape index (κ2) is 14.2. The Labute approximate surface area is 220 Å². The first-order chi connectivity index (χ1) is 17.1. The van der Waals surface area contributed by atoms with Crippen molar-refractivity contribution in [1.82, 2.24) is 10.6 Å². The van der Waals surface area contributed by atoms with E-state index >= 15 is 0 Å². The molecule has 0 heterocycles. The van der Waals surface area contributed by atoms with E-state index in [-0.39, 0.29) is 24.5 Å². The van der Waals surface area contributed by atoms with E-state index in [1.165, 1.54) is 0 Å². The van der Waals surface area contributed by atoms with Crippen molar-refractivity contribution in [3.05, 3.63) is 35.9 Å². The van der Waals surface area contributed by atoms with Gasteiger partial charge in [0.2, 0.25) is 11.8 Å². The van der Waals surface area contributed by atoms with Crippen molar-refractivity contribution in [1.29, 1.82) is 0 Å². The molecule has 10 nitrogen and oxygen atoms in total. The highest BCUT2D eigenvalue weighted by molar-refractivity contribution is 6.74. The Kier molecular flexibility index (Phi) is 12.4. The van der Waals surface area contributed by atoms with Crippen LogP contribution in [0.1, 0.15) is 59.1 Å². The van der Waals surface area contributed by atoms with Crippen molar-refractivity contribution in [2.75, 3.05) is 13.7 Å². The van der Waals surface area contributed by atoms with Crippen LogP contribution in [-0.4, -0.2) is 69.1 Å². The van der Waals surface area contributed by atoms with Gasteiger partial charge in [0.1, 0.15) is 12.1 Å². The molecule has 0 unspecified atom stereocenters. The summed E-state index contributed by atoms with van der Waals surface area (Å²) in [5.41, 5.74) is 0.402. The molecule has 0 radical (unpaired) electrons. The number of benzene rings is 1. The molecule has 0 aliphatic carbocycles. The van der Waals surface area contributed by atoms with E-state index in [0.29, 0.717) is 5.56 Å². The number of esters is 2. The maximum Gasteiger partial charge on any atom is 0.331 e. The number of aliphatic hydroxyl groups excluding tert-OH is 1. The second-order valence-electron chi connectivity index (χ2n) is 10.3. The molecule has 2 amide bonds. The number of rotatable bonds is 13. The van der Waals surface area contributed by atoms with E-state index in [1.54, 1.807) is 44.2 Å². The molecule has 3 N–H and O–H groups in total. The van der Waals surface area contributed by atoms with E-state index in [2.05, 4.69) is 10.6 Å². The minimum atomic E-state index is -2.36. The summed E-state index contributed by atoms with van der Waals surface area (Å²) >= 11 is 0. The fourth-order valence-corrected chi connectivity index (χ4v) is 4.70. The number of methoxy groups -OCH3 is 1. The van der Waals surface area contributed by atoms with Crippen molar-refractivity contribution in [3.63, 3.8) is 0 Å². The zero-order valence-corrected chi connectivity index (χ0v) is 24.1. The van der Waals surface area contributed by atoms with Gasteiger partial charge in [-0.05, 0) is 37.5 Å². The predicted molar refractivity (Wildman–Crippen MR) is 141 cm³/mol. The van der Waals surface area contributed by atoms with Crippen LogP contribution >= 0.6 is 0 Å². The maximum atomic E-state index is 13.5. The van der Waals surface area contributed by atoms with Gasteiger partial charge in [0.15, 0.2) is 14.4 Å². The van der Waals surface area contributed by atoms with E-state index in [4.69, 9.17) is 13.9 Å². The molecule has 37 heavy (non-hydrogen) atoms. The molecular weight excluding hydrogens is 496 g/mol. The monoisotopic (exact) mass is 538 g/mol. The Morgan fingerprint density at radius 3 is 2.11 bits per heavy atom. The third-order valence-electron chi connectivity index (χ3n) is 6.43. The maximum absolute atomic E-state index is 13.5. The first-order valence-corrected chi connectivity index (χ1v) is 15.3. The summed E-state index contributed by atoms with van der Waals surface area (Å²) in [5, 5.41) is 15.8. The van der Waals surface area contributed by atoms with Crippen LogP contribution in [0.4, 0.5) is 0 Å². The van der Waals surface area contributed by atoms with Crippen LogP contribution < -0.4 is 10.6 Å². The molecular formula is C26H42N2O8Si. The Morgan fingerprint density at radius 2 is 1.59 bits per heavy atom. The number of carbonyl (C=O) groups excluding carboxylic acids is 4. The van der Waals surface area contributed by atoms with Crippen molar-refractivity contribution >= 4 is 32.1 Å². The minimum Gasteiger partial charge on any atom is -0.467 e. The van der Waals surface area contributed by atoms with Gasteiger partial charge in [0, 0.05) is 6.42 Å². The molecule has 0 spiro atoms. The molecule has 0 aliphatic heterocycles. The van der Waals surface area contributed by atoms with Gasteiger partial charge in [-0.25, -0.2) is 4.79 Å². The molecule has 0 saturated carbocycles. The van der Waals surface area contributed by atoms with Gasteiger partial charge in [0.25, 0.3) is 0 Å². The number of hydrogen-bond donors (Lipinski definition) is 3. The number of nitrogens with one attached hydrogen (secondary N) is 2. The summed E-state index contributed by atoms with van der Waals surface area (Å²) in [7, 11) is -1.21. The summed E-state index contributed by atoms with van der Waals surface area (Å²) in [5.74, 6) is -2.67. The zero-order chi connectivity index (χ0) is 28.4. The van der Waals surface area contributed by atoms with Gasteiger partial charge in [-0.3, -0.25) is 14.4 Å². The largest absolute Gasteiger partial charge is 0.467 e. The molecule has 4 atom stereocenters. The number of carbonyl (C=O) groups is 4. The van der Waals surface area contributed by atoms with Gasteiger partial charge in [0.05, 0.1) is 26.2 Å². The molecule has 1 aromatic carbocycles. The van der Waals surface area contributed by atoms with E-state index in [0.717, 1.165) is 7.11 Å². The number of ether oxygens (including phenoxy) is 2. The van der Waals surface area contributed by atoms with Gasteiger partial charge < -0.3 is 29.6 Å². The lowest BCUT2D eigenvalue weighted by atomic mass is 10.0. The molecule has 0 bridgehead atoms. The molecule has 208 valence electrons. The van der Waals surface area contributed by atoms with E-state index in [9.17, 15) is 24.3 Å². The van der Waals surface area contributed by atoms with E-state index in [1.807, 2.05) is 33.9 Å². The average molecular weight is 539 g/mol. The summed E-state index contributed by atoms with van der Waals surface area (Å²) in [6.45, 7) is 13.7. The number of aliphatic hydroxyl groups is 1. The quantitative estimate of drug-likeness (QED) is 0.257. The highest BCUT2D eigenvalue weighted by Crippen LogP contribution is 2.37. The lowest BCUT2D eigenvalue weighted by Crippen LogP contribution is -2.59. The van der Waals surface area contributed by atoms with Crippen LogP contribution in [0, 0.1) is 0 Å². The Hall–Kier alpha value is -2.76. The van der Waals surface area contributed by atoms with E-state index < -0.39 is 56.4 Å². The molecule has 11 heteroatoms. The number of amides is 2. The lowest BCUT2D eigenvalue weighted by Gasteiger charge is -2.40. The van der Waals surface area contributed by atoms with Crippen LogP contribution in [0.15, 0.2) is 30.3 Å². The van der Waals surface area contributed by atoms with Crippen LogP contribution in [0.2, 0.25) is 18.1 Å². The predicted octanol–water partition coefficient (Wildman–Crippen LogP) is 2.62. The third kappa shape index (κ3) is 9.90. The molecule has 0 fully saturated rings. The molecule has 0 saturated heterocycles. The third-order valence-corrected chi connectivity index (χ3v) is 11.0. The Morgan fingerprint density at radius 1 is 1.00 bits per heavy atom. The smallest absolute Gasteiger partial charge is 0.331 e. The second-order valence-corrected chi connectivity index (χ2v) is 15.1. The van der Waals surface area contributed by atoms with Gasteiger partial charge in [-0.2, -0.15) is 0 Å². The van der Waals surface area contributed by atoms with Crippen LogP contribution in [0.5, 0.6) is 0 Å². The normalized spacial score (nSPS) is 15.1. The molecule has 0 aromatic heterocycles. The fourth-order valence-electron chi connectivity index (χ4n) is 3.28. The standard InChI is InChI=1S/C26H42N2O8Si/c1-9-35-20(30)16-15-19(29)27-21(17(2)36-37(7,8)26(3,4)5)24(32)28-22(25(33)34-6)23(31)18-13-11-10-12-14-18/h10-14,17,21-23,31H,9,15-16H2,1-8H3,(H,27,29)(H,28,32)/t17-,21+,22+,23-/m1/s1. The van der Waals surface area contributed by atoms with Crippen LogP contribution in [-0.2, 0) is 33.1 Å². The Balaban J connectivity index is 3.20. The minimum absolute atomic E-state index is 0.150. The average Bonchev–Trinajstić information content (AvgIpc) is 2.83. The molecule has 1 rings (SSSR count).